The van der Waals surface area contributed by atoms with E-state index in [9.17, 15) is 4.39 Å². The highest BCUT2D eigenvalue weighted by molar-refractivity contribution is 6.31. The van der Waals surface area contributed by atoms with Gasteiger partial charge in [0.15, 0.2) is 5.76 Å². The van der Waals surface area contributed by atoms with Gasteiger partial charge in [0.25, 0.3) is 5.89 Å². The molecule has 2 aromatic heterocycles. The first kappa shape index (κ1) is 20.2. The highest BCUT2D eigenvalue weighted by Crippen LogP contribution is 2.33. The van der Waals surface area contributed by atoms with Crippen LogP contribution in [0.4, 0.5) is 4.39 Å². The molecule has 0 unspecified atom stereocenters. The maximum atomic E-state index is 13.1. The SMILES string of the molecule is Cc1cc(OCc2ccc(-c3nc(-c4ccc(F)cc4)no3)o2)c(C(C)C)cc1Cl. The lowest BCUT2D eigenvalue weighted by Gasteiger charge is -2.15. The maximum Gasteiger partial charge on any atom is 0.293 e. The van der Waals surface area contributed by atoms with Gasteiger partial charge < -0.3 is 13.7 Å². The molecule has 2 heterocycles. The molecule has 0 amide bonds. The van der Waals surface area contributed by atoms with Crippen LogP contribution in [0.15, 0.2) is 57.5 Å². The Morgan fingerprint density at radius 1 is 1.10 bits per heavy atom. The zero-order valence-electron chi connectivity index (χ0n) is 16.8. The lowest BCUT2D eigenvalue weighted by atomic mass is 10.0. The van der Waals surface area contributed by atoms with Crippen molar-refractivity contribution in [2.24, 2.45) is 0 Å². The van der Waals surface area contributed by atoms with E-state index in [1.165, 1.54) is 12.1 Å². The fourth-order valence-corrected chi connectivity index (χ4v) is 3.18. The molecular formula is C23H20ClFN2O3. The first-order valence-electron chi connectivity index (χ1n) is 9.52. The Morgan fingerprint density at radius 3 is 2.60 bits per heavy atom. The summed E-state index contributed by atoms with van der Waals surface area (Å²) in [7, 11) is 0. The number of hydrogen-bond donors (Lipinski definition) is 0. The second-order valence-electron chi connectivity index (χ2n) is 7.28. The molecule has 5 nitrogen and oxygen atoms in total. The molecule has 0 atom stereocenters. The van der Waals surface area contributed by atoms with E-state index in [0.717, 1.165) is 21.9 Å². The van der Waals surface area contributed by atoms with E-state index in [0.29, 0.717) is 22.9 Å². The number of benzene rings is 2. The zero-order valence-corrected chi connectivity index (χ0v) is 17.5. The second-order valence-corrected chi connectivity index (χ2v) is 7.69. The summed E-state index contributed by atoms with van der Waals surface area (Å²) in [6, 6.07) is 13.3. The summed E-state index contributed by atoms with van der Waals surface area (Å²) >= 11 is 6.26. The Morgan fingerprint density at radius 2 is 1.87 bits per heavy atom. The van der Waals surface area contributed by atoms with Crippen molar-refractivity contribution in [2.75, 3.05) is 0 Å². The number of furan rings is 1. The summed E-state index contributed by atoms with van der Waals surface area (Å²) in [4.78, 5) is 4.32. The number of rotatable bonds is 6. The van der Waals surface area contributed by atoms with Crippen molar-refractivity contribution < 1.29 is 18.1 Å². The molecule has 0 saturated heterocycles. The van der Waals surface area contributed by atoms with Crippen LogP contribution in [0.3, 0.4) is 0 Å². The van der Waals surface area contributed by atoms with Gasteiger partial charge in [-0.1, -0.05) is 30.6 Å². The number of hydrogen-bond acceptors (Lipinski definition) is 5. The molecule has 30 heavy (non-hydrogen) atoms. The summed E-state index contributed by atoms with van der Waals surface area (Å²) in [6.45, 7) is 6.37. The molecular weight excluding hydrogens is 407 g/mol. The molecule has 2 aromatic carbocycles. The monoisotopic (exact) mass is 426 g/mol. The summed E-state index contributed by atoms with van der Waals surface area (Å²) in [5, 5.41) is 4.65. The summed E-state index contributed by atoms with van der Waals surface area (Å²) in [5.41, 5.74) is 2.65. The van der Waals surface area contributed by atoms with Gasteiger partial charge in [0, 0.05) is 10.6 Å². The van der Waals surface area contributed by atoms with Gasteiger partial charge in [-0.3, -0.25) is 0 Å². The Balaban J connectivity index is 1.49. The average molecular weight is 427 g/mol. The maximum absolute atomic E-state index is 13.1. The third-order valence-corrected chi connectivity index (χ3v) is 5.09. The minimum atomic E-state index is -0.324. The molecule has 0 spiro atoms. The highest BCUT2D eigenvalue weighted by Gasteiger charge is 2.16. The van der Waals surface area contributed by atoms with Crippen molar-refractivity contribution in [3.63, 3.8) is 0 Å². The number of nitrogens with zero attached hydrogens (tertiary/aromatic N) is 2. The number of halogens is 2. The smallest absolute Gasteiger partial charge is 0.293 e. The number of ether oxygens (including phenoxy) is 1. The Hall–Kier alpha value is -3.12. The highest BCUT2D eigenvalue weighted by atomic mass is 35.5. The Kier molecular flexibility index (Phi) is 5.59. The molecule has 0 aliphatic rings. The second kappa shape index (κ2) is 8.32. The molecule has 4 aromatic rings. The van der Waals surface area contributed by atoms with E-state index < -0.39 is 0 Å². The van der Waals surface area contributed by atoms with Crippen LogP contribution in [-0.4, -0.2) is 10.1 Å². The van der Waals surface area contributed by atoms with Gasteiger partial charge in [-0.25, -0.2) is 4.39 Å². The van der Waals surface area contributed by atoms with E-state index >= 15 is 0 Å². The van der Waals surface area contributed by atoms with E-state index in [-0.39, 0.29) is 24.2 Å². The first-order valence-corrected chi connectivity index (χ1v) is 9.90. The predicted molar refractivity (Wildman–Crippen MR) is 112 cm³/mol. The Labute approximate surface area is 178 Å². The first-order chi connectivity index (χ1) is 14.4. The topological polar surface area (TPSA) is 61.3 Å². The van der Waals surface area contributed by atoms with Crippen molar-refractivity contribution in [3.05, 3.63) is 76.3 Å². The fraction of sp³-hybridized carbons (Fsp3) is 0.217. The molecule has 0 aliphatic carbocycles. The quantitative estimate of drug-likeness (QED) is 0.339. The summed E-state index contributed by atoms with van der Waals surface area (Å²) in [6.07, 6.45) is 0. The van der Waals surface area contributed by atoms with Gasteiger partial charge in [0.1, 0.15) is 23.9 Å². The molecule has 0 aliphatic heterocycles. The Bertz CT molecular complexity index is 1170. The van der Waals surface area contributed by atoms with E-state index in [2.05, 4.69) is 24.0 Å². The number of aryl methyl sites for hydroxylation is 1. The summed E-state index contributed by atoms with van der Waals surface area (Å²) in [5.74, 6) is 2.38. The molecule has 0 bridgehead atoms. The largest absolute Gasteiger partial charge is 0.485 e. The van der Waals surface area contributed by atoms with Gasteiger partial charge >= 0.3 is 0 Å². The minimum Gasteiger partial charge on any atom is -0.485 e. The van der Waals surface area contributed by atoms with Gasteiger partial charge in [-0.05, 0) is 72.5 Å². The summed E-state index contributed by atoms with van der Waals surface area (Å²) < 4.78 is 30.2. The van der Waals surface area contributed by atoms with Crippen molar-refractivity contribution >= 4 is 11.6 Å². The fourth-order valence-electron chi connectivity index (χ4n) is 3.01. The standard InChI is InChI=1S/C23H20ClFN2O3/c1-13(2)18-11-19(24)14(3)10-21(18)28-12-17-8-9-20(29-17)23-26-22(27-30-23)15-4-6-16(25)7-5-15/h4-11,13H,12H2,1-3H3. The van der Waals surface area contributed by atoms with Crippen molar-refractivity contribution in [3.8, 4) is 28.8 Å². The van der Waals surface area contributed by atoms with Crippen LogP contribution in [0.2, 0.25) is 5.02 Å². The minimum absolute atomic E-state index is 0.241. The van der Waals surface area contributed by atoms with Gasteiger partial charge in [-0.15, -0.1) is 0 Å². The molecule has 7 heteroatoms. The van der Waals surface area contributed by atoms with Gasteiger partial charge in [0.2, 0.25) is 5.82 Å². The van der Waals surface area contributed by atoms with Crippen LogP contribution in [0.5, 0.6) is 5.75 Å². The lowest BCUT2D eigenvalue weighted by Crippen LogP contribution is -2.00. The third kappa shape index (κ3) is 4.24. The molecule has 154 valence electrons. The van der Waals surface area contributed by atoms with Crippen molar-refractivity contribution in [2.45, 2.75) is 33.3 Å². The van der Waals surface area contributed by atoms with E-state index in [4.69, 9.17) is 25.3 Å². The molecule has 0 N–H and O–H groups in total. The lowest BCUT2D eigenvalue weighted by molar-refractivity contribution is 0.267. The van der Waals surface area contributed by atoms with E-state index in [1.807, 2.05) is 19.1 Å². The molecule has 0 saturated carbocycles. The van der Waals surface area contributed by atoms with Crippen LogP contribution < -0.4 is 4.74 Å². The third-order valence-electron chi connectivity index (χ3n) is 4.68. The van der Waals surface area contributed by atoms with Crippen LogP contribution in [-0.2, 0) is 6.61 Å². The van der Waals surface area contributed by atoms with Crippen LogP contribution in [0.25, 0.3) is 23.0 Å². The number of aromatic nitrogens is 2. The predicted octanol–water partition coefficient (Wildman–Crippen LogP) is 6.80. The molecule has 0 radical (unpaired) electrons. The van der Waals surface area contributed by atoms with Crippen molar-refractivity contribution in [1.82, 2.24) is 10.1 Å². The molecule has 0 fully saturated rings. The molecule has 4 rings (SSSR count). The van der Waals surface area contributed by atoms with Crippen LogP contribution >= 0.6 is 11.6 Å². The van der Waals surface area contributed by atoms with E-state index in [1.54, 1.807) is 24.3 Å². The normalized spacial score (nSPS) is 11.3. The van der Waals surface area contributed by atoms with Crippen LogP contribution in [0, 0.1) is 12.7 Å². The average Bonchev–Trinajstić information content (AvgIpc) is 3.38. The van der Waals surface area contributed by atoms with Gasteiger partial charge in [-0.2, -0.15) is 4.98 Å². The van der Waals surface area contributed by atoms with Crippen molar-refractivity contribution in [1.29, 1.82) is 0 Å². The van der Waals surface area contributed by atoms with Crippen LogP contribution in [0.1, 0.15) is 36.7 Å². The van der Waals surface area contributed by atoms with Gasteiger partial charge in [0.05, 0.1) is 0 Å². The zero-order chi connectivity index (χ0) is 21.3.